The number of esters is 1. The van der Waals surface area contributed by atoms with Crippen LogP contribution in [0.3, 0.4) is 0 Å². The van der Waals surface area contributed by atoms with Gasteiger partial charge in [0, 0.05) is 11.8 Å². The number of anilines is 2. The highest BCUT2D eigenvalue weighted by Gasteiger charge is 2.16. The maximum absolute atomic E-state index is 12.4. The molecule has 3 aromatic heterocycles. The zero-order valence-corrected chi connectivity index (χ0v) is 16.1. The number of thiophene rings is 1. The smallest absolute Gasteiger partial charge is 0.353 e. The Bertz CT molecular complexity index is 1180. The molecule has 0 spiro atoms. The highest BCUT2D eigenvalue weighted by atomic mass is 32.1. The number of nitrogens with one attached hydrogen (secondary N) is 2. The van der Waals surface area contributed by atoms with Crippen LogP contribution in [0.1, 0.15) is 30.8 Å². The molecule has 2 amide bonds. The van der Waals surface area contributed by atoms with Crippen molar-refractivity contribution in [2.45, 2.75) is 0 Å². The van der Waals surface area contributed by atoms with Crippen molar-refractivity contribution in [2.24, 2.45) is 0 Å². The molecule has 0 atom stereocenters. The van der Waals surface area contributed by atoms with E-state index in [2.05, 4.69) is 10.6 Å². The average Bonchev–Trinajstić information content (AvgIpc) is 3.50. The fourth-order valence-corrected chi connectivity index (χ4v) is 3.27. The van der Waals surface area contributed by atoms with Gasteiger partial charge in [-0.15, -0.1) is 11.3 Å². The van der Waals surface area contributed by atoms with Gasteiger partial charge in [0.2, 0.25) is 0 Å². The van der Waals surface area contributed by atoms with E-state index in [4.69, 9.17) is 13.6 Å². The van der Waals surface area contributed by atoms with E-state index < -0.39 is 17.8 Å². The number of ether oxygens (including phenoxy) is 1. The van der Waals surface area contributed by atoms with E-state index in [9.17, 15) is 14.4 Å². The molecule has 0 unspecified atom stereocenters. The molecule has 2 N–H and O–H groups in total. The van der Waals surface area contributed by atoms with Crippen LogP contribution in [-0.4, -0.2) is 17.8 Å². The lowest BCUT2D eigenvalue weighted by atomic mass is 10.3. The van der Waals surface area contributed by atoms with E-state index in [1.54, 1.807) is 42.5 Å². The summed E-state index contributed by atoms with van der Waals surface area (Å²) in [5, 5.41) is 5.78. The third kappa shape index (κ3) is 4.47. The van der Waals surface area contributed by atoms with Crippen LogP contribution in [0.5, 0.6) is 5.75 Å². The second-order valence-electron chi connectivity index (χ2n) is 5.94. The molecule has 0 aliphatic heterocycles. The Morgan fingerprint density at radius 2 is 1.50 bits per heavy atom. The fourth-order valence-electron chi connectivity index (χ4n) is 2.49. The minimum absolute atomic E-state index is 0.167. The molecule has 4 rings (SSSR count). The fraction of sp³-hybridized carbons (Fsp3) is 0. The summed E-state index contributed by atoms with van der Waals surface area (Å²) in [6.45, 7) is 0. The van der Waals surface area contributed by atoms with Crippen molar-refractivity contribution >= 4 is 39.8 Å². The maximum Gasteiger partial charge on any atom is 0.353 e. The zero-order chi connectivity index (χ0) is 20.9. The molecule has 9 heteroatoms. The van der Waals surface area contributed by atoms with Crippen molar-refractivity contribution in [3.63, 3.8) is 0 Å². The normalized spacial score (nSPS) is 10.4. The molecule has 30 heavy (non-hydrogen) atoms. The molecule has 0 fully saturated rings. The van der Waals surface area contributed by atoms with Crippen molar-refractivity contribution < 1.29 is 28.0 Å². The average molecular weight is 422 g/mol. The Morgan fingerprint density at radius 1 is 0.800 bits per heavy atom. The number of carbonyl (C=O) groups is 3. The van der Waals surface area contributed by atoms with Crippen molar-refractivity contribution in [2.75, 3.05) is 10.6 Å². The Labute approximate surface area is 174 Å². The minimum atomic E-state index is -0.590. The monoisotopic (exact) mass is 422 g/mol. The third-order valence-electron chi connectivity index (χ3n) is 3.84. The number of hydrogen-bond donors (Lipinski definition) is 2. The predicted octanol–water partition coefficient (Wildman–Crippen LogP) is 4.66. The van der Waals surface area contributed by atoms with Crippen LogP contribution in [0, 0.1) is 0 Å². The van der Waals surface area contributed by atoms with Gasteiger partial charge in [0.1, 0.15) is 10.6 Å². The lowest BCUT2D eigenvalue weighted by molar-refractivity contribution is 0.0739. The predicted molar refractivity (Wildman–Crippen MR) is 109 cm³/mol. The minimum Gasteiger partial charge on any atom is -0.459 e. The van der Waals surface area contributed by atoms with E-state index in [0.29, 0.717) is 15.6 Å². The summed E-state index contributed by atoms with van der Waals surface area (Å²) in [7, 11) is 0. The topological polar surface area (TPSA) is 111 Å². The standard InChI is InChI=1S/C21H14N2O6S/c24-19(15-6-2-10-27-15)22-13-4-1-5-14(12-13)29-21(26)17-8-9-18(30-17)23-20(25)16-7-3-11-28-16/h1-12H,(H,22,24)(H,23,25). The van der Waals surface area contributed by atoms with Crippen molar-refractivity contribution in [3.8, 4) is 5.75 Å². The first-order chi connectivity index (χ1) is 14.6. The Balaban J connectivity index is 1.39. The summed E-state index contributed by atoms with van der Waals surface area (Å²) < 4.78 is 15.4. The Hall–Kier alpha value is -4.11. The molecule has 3 heterocycles. The quantitative estimate of drug-likeness (QED) is 0.345. The number of furan rings is 2. The summed E-state index contributed by atoms with van der Waals surface area (Å²) in [4.78, 5) is 36.8. The SMILES string of the molecule is O=C(Nc1cccc(OC(=O)c2ccc(NC(=O)c3ccco3)s2)c1)c1ccco1. The van der Waals surface area contributed by atoms with Gasteiger partial charge in [-0.3, -0.25) is 9.59 Å². The first-order valence-corrected chi connectivity index (χ1v) is 9.52. The molecule has 0 saturated heterocycles. The van der Waals surface area contributed by atoms with Gasteiger partial charge in [-0.25, -0.2) is 4.79 Å². The number of rotatable bonds is 6. The van der Waals surface area contributed by atoms with Gasteiger partial charge in [0.25, 0.3) is 11.8 Å². The largest absolute Gasteiger partial charge is 0.459 e. The Kier molecular flexibility index (Phi) is 5.44. The molecule has 0 radical (unpaired) electrons. The molecular formula is C21H14N2O6S. The van der Waals surface area contributed by atoms with E-state index >= 15 is 0 Å². The molecule has 8 nitrogen and oxygen atoms in total. The molecule has 0 saturated carbocycles. The van der Waals surface area contributed by atoms with Crippen LogP contribution in [0.25, 0.3) is 0 Å². The molecule has 4 aromatic rings. The maximum atomic E-state index is 12.4. The summed E-state index contributed by atoms with van der Waals surface area (Å²) in [5.74, 6) is -0.832. The first-order valence-electron chi connectivity index (χ1n) is 8.70. The molecule has 1 aromatic carbocycles. The molecular weight excluding hydrogens is 408 g/mol. The van der Waals surface area contributed by atoms with Crippen LogP contribution in [0.2, 0.25) is 0 Å². The zero-order valence-electron chi connectivity index (χ0n) is 15.3. The van der Waals surface area contributed by atoms with Gasteiger partial charge in [-0.05, 0) is 48.5 Å². The number of benzene rings is 1. The summed E-state index contributed by atoms with van der Waals surface area (Å²) >= 11 is 1.07. The second kappa shape index (κ2) is 8.50. The molecule has 0 aliphatic rings. The highest BCUT2D eigenvalue weighted by molar-refractivity contribution is 7.18. The Morgan fingerprint density at radius 3 is 2.17 bits per heavy atom. The van der Waals surface area contributed by atoms with E-state index in [0.717, 1.165) is 11.3 Å². The lowest BCUT2D eigenvalue weighted by Gasteiger charge is -2.06. The second-order valence-corrected chi connectivity index (χ2v) is 7.03. The lowest BCUT2D eigenvalue weighted by Crippen LogP contribution is -2.11. The third-order valence-corrected chi connectivity index (χ3v) is 4.82. The van der Waals surface area contributed by atoms with Crippen molar-refractivity contribution in [3.05, 3.63) is 89.6 Å². The number of hydrogen-bond acceptors (Lipinski definition) is 7. The molecule has 150 valence electrons. The number of carbonyl (C=O) groups excluding carboxylic acids is 3. The van der Waals surface area contributed by atoms with Crippen molar-refractivity contribution in [1.82, 2.24) is 0 Å². The summed E-state index contributed by atoms with van der Waals surface area (Å²) in [6.07, 6.45) is 2.80. The first kappa shape index (κ1) is 19.2. The van der Waals surface area contributed by atoms with E-state index in [-0.39, 0.29) is 17.3 Å². The van der Waals surface area contributed by atoms with Crippen molar-refractivity contribution in [1.29, 1.82) is 0 Å². The van der Waals surface area contributed by atoms with Gasteiger partial charge in [-0.1, -0.05) is 6.07 Å². The molecule has 0 aliphatic carbocycles. The van der Waals surface area contributed by atoms with E-state index in [1.807, 2.05) is 0 Å². The van der Waals surface area contributed by atoms with Crippen LogP contribution >= 0.6 is 11.3 Å². The highest BCUT2D eigenvalue weighted by Crippen LogP contribution is 2.25. The van der Waals surface area contributed by atoms with E-state index in [1.165, 1.54) is 30.7 Å². The van der Waals surface area contributed by atoms with Gasteiger partial charge in [-0.2, -0.15) is 0 Å². The van der Waals surface area contributed by atoms with Crippen LogP contribution in [-0.2, 0) is 0 Å². The van der Waals surface area contributed by atoms with Gasteiger partial charge < -0.3 is 24.2 Å². The van der Waals surface area contributed by atoms with Crippen LogP contribution in [0.4, 0.5) is 10.7 Å². The summed E-state index contributed by atoms with van der Waals surface area (Å²) in [6, 6.07) is 15.9. The number of amides is 2. The molecule has 0 bridgehead atoms. The van der Waals surface area contributed by atoms with Gasteiger partial charge in [0.15, 0.2) is 11.5 Å². The summed E-state index contributed by atoms with van der Waals surface area (Å²) in [5.41, 5.74) is 0.444. The van der Waals surface area contributed by atoms with Crippen LogP contribution in [0.15, 0.2) is 82.0 Å². The van der Waals surface area contributed by atoms with Gasteiger partial charge in [0.05, 0.1) is 17.5 Å². The van der Waals surface area contributed by atoms with Crippen LogP contribution < -0.4 is 15.4 Å². The van der Waals surface area contributed by atoms with Gasteiger partial charge >= 0.3 is 5.97 Å².